The lowest BCUT2D eigenvalue weighted by atomic mass is 10.0. The van der Waals surface area contributed by atoms with Crippen molar-refractivity contribution in [2.24, 2.45) is 0 Å². The predicted octanol–water partition coefficient (Wildman–Crippen LogP) is 2.32. The van der Waals surface area contributed by atoms with Crippen LogP contribution in [0, 0.1) is 5.82 Å². The number of benzene rings is 1. The highest BCUT2D eigenvalue weighted by atomic mass is 19.1. The predicted molar refractivity (Wildman–Crippen MR) is 60.7 cm³/mol. The van der Waals surface area contributed by atoms with E-state index in [1.54, 1.807) is 12.1 Å². The van der Waals surface area contributed by atoms with Gasteiger partial charge in [0.2, 0.25) is 0 Å². The van der Waals surface area contributed by atoms with Crippen molar-refractivity contribution in [3.8, 4) is 0 Å². The molecular weight excluding hydrogens is 203 g/mol. The summed E-state index contributed by atoms with van der Waals surface area (Å²) in [5, 5.41) is 3.42. The molecule has 2 heterocycles. The molecule has 1 atom stereocenters. The van der Waals surface area contributed by atoms with Gasteiger partial charge in [0.25, 0.3) is 0 Å². The highest BCUT2D eigenvalue weighted by Crippen LogP contribution is 2.25. The lowest BCUT2D eigenvalue weighted by Gasteiger charge is -2.26. The Bertz CT molecular complexity index is 504. The summed E-state index contributed by atoms with van der Waals surface area (Å²) in [7, 11) is 0. The molecule has 0 fully saturated rings. The molecule has 0 amide bonds. The molecule has 82 valence electrons. The maximum absolute atomic E-state index is 13.2. The van der Waals surface area contributed by atoms with Crippen LogP contribution in [0.15, 0.2) is 42.6 Å². The van der Waals surface area contributed by atoms with E-state index in [4.69, 9.17) is 0 Å². The molecule has 0 aliphatic carbocycles. The first kappa shape index (κ1) is 9.60. The molecule has 0 radical (unpaired) electrons. The Kier molecular flexibility index (Phi) is 2.26. The van der Waals surface area contributed by atoms with E-state index in [2.05, 4.69) is 22.1 Å². The lowest BCUT2D eigenvalue weighted by molar-refractivity contribution is 0.465. The Morgan fingerprint density at radius 3 is 3.06 bits per heavy atom. The SMILES string of the molecule is Fc1cccc(C2NCCn3cccc32)c1. The topological polar surface area (TPSA) is 17.0 Å². The zero-order valence-corrected chi connectivity index (χ0v) is 8.86. The Labute approximate surface area is 93.7 Å². The molecule has 1 aliphatic rings. The van der Waals surface area contributed by atoms with Gasteiger partial charge in [0.05, 0.1) is 6.04 Å². The highest BCUT2D eigenvalue weighted by Gasteiger charge is 2.20. The Balaban J connectivity index is 2.04. The molecule has 3 heteroatoms. The summed E-state index contributed by atoms with van der Waals surface area (Å²) in [5.41, 5.74) is 2.19. The van der Waals surface area contributed by atoms with Crippen LogP contribution in [0.25, 0.3) is 0 Å². The monoisotopic (exact) mass is 216 g/mol. The quantitative estimate of drug-likeness (QED) is 0.774. The molecule has 1 aliphatic heterocycles. The second-order valence-corrected chi connectivity index (χ2v) is 4.07. The van der Waals surface area contributed by atoms with Gasteiger partial charge in [-0.2, -0.15) is 0 Å². The highest BCUT2D eigenvalue weighted by molar-refractivity contribution is 5.30. The van der Waals surface area contributed by atoms with Crippen LogP contribution in [0.4, 0.5) is 4.39 Å². The minimum absolute atomic E-state index is 0.111. The van der Waals surface area contributed by atoms with Crippen molar-refractivity contribution in [1.82, 2.24) is 9.88 Å². The van der Waals surface area contributed by atoms with Gasteiger partial charge in [0.1, 0.15) is 5.82 Å². The first-order chi connectivity index (χ1) is 7.84. The maximum atomic E-state index is 13.2. The Morgan fingerprint density at radius 1 is 1.25 bits per heavy atom. The fourth-order valence-electron chi connectivity index (χ4n) is 2.30. The van der Waals surface area contributed by atoms with E-state index in [0.717, 1.165) is 18.7 Å². The average Bonchev–Trinajstić information content (AvgIpc) is 2.76. The van der Waals surface area contributed by atoms with E-state index in [1.165, 1.54) is 11.8 Å². The summed E-state index contributed by atoms with van der Waals surface area (Å²) in [6.07, 6.45) is 2.07. The van der Waals surface area contributed by atoms with Crippen LogP contribution < -0.4 is 5.32 Å². The van der Waals surface area contributed by atoms with Crippen molar-refractivity contribution in [2.75, 3.05) is 6.54 Å². The summed E-state index contributed by atoms with van der Waals surface area (Å²) >= 11 is 0. The van der Waals surface area contributed by atoms with Gasteiger partial charge < -0.3 is 9.88 Å². The number of hydrogen-bond acceptors (Lipinski definition) is 1. The van der Waals surface area contributed by atoms with Crippen molar-refractivity contribution in [2.45, 2.75) is 12.6 Å². The summed E-state index contributed by atoms with van der Waals surface area (Å²) in [6, 6.07) is 11.0. The van der Waals surface area contributed by atoms with Crippen molar-refractivity contribution in [3.05, 3.63) is 59.7 Å². The fourth-order valence-corrected chi connectivity index (χ4v) is 2.30. The third-order valence-electron chi connectivity index (χ3n) is 3.04. The van der Waals surface area contributed by atoms with Crippen LogP contribution in [0.3, 0.4) is 0 Å². The van der Waals surface area contributed by atoms with Gasteiger partial charge in [-0.15, -0.1) is 0 Å². The Hall–Kier alpha value is -1.61. The molecule has 1 aromatic carbocycles. The first-order valence-corrected chi connectivity index (χ1v) is 5.48. The van der Waals surface area contributed by atoms with E-state index >= 15 is 0 Å². The minimum atomic E-state index is -0.178. The van der Waals surface area contributed by atoms with Crippen LogP contribution in [0.2, 0.25) is 0 Å². The van der Waals surface area contributed by atoms with E-state index in [-0.39, 0.29) is 11.9 Å². The molecule has 16 heavy (non-hydrogen) atoms. The molecule has 1 N–H and O–H groups in total. The number of nitrogens with zero attached hydrogens (tertiary/aromatic N) is 1. The third kappa shape index (κ3) is 1.53. The van der Waals surface area contributed by atoms with E-state index in [9.17, 15) is 4.39 Å². The molecule has 0 spiro atoms. The number of nitrogens with one attached hydrogen (secondary N) is 1. The fraction of sp³-hybridized carbons (Fsp3) is 0.231. The van der Waals surface area contributed by atoms with E-state index < -0.39 is 0 Å². The van der Waals surface area contributed by atoms with Gasteiger partial charge in [-0.1, -0.05) is 12.1 Å². The van der Waals surface area contributed by atoms with Gasteiger partial charge in [-0.25, -0.2) is 4.39 Å². The smallest absolute Gasteiger partial charge is 0.123 e. The number of aromatic nitrogens is 1. The molecule has 1 unspecified atom stereocenters. The van der Waals surface area contributed by atoms with Gasteiger partial charge in [-0.05, 0) is 29.8 Å². The maximum Gasteiger partial charge on any atom is 0.123 e. The Morgan fingerprint density at radius 2 is 2.19 bits per heavy atom. The van der Waals surface area contributed by atoms with Crippen molar-refractivity contribution in [3.63, 3.8) is 0 Å². The largest absolute Gasteiger partial charge is 0.348 e. The molecule has 1 aromatic heterocycles. The van der Waals surface area contributed by atoms with Crippen LogP contribution in [0.5, 0.6) is 0 Å². The van der Waals surface area contributed by atoms with E-state index in [1.807, 2.05) is 12.1 Å². The zero-order chi connectivity index (χ0) is 11.0. The normalized spacial score (nSPS) is 19.4. The molecule has 3 rings (SSSR count). The van der Waals surface area contributed by atoms with Crippen LogP contribution in [-0.4, -0.2) is 11.1 Å². The summed E-state index contributed by atoms with van der Waals surface area (Å²) in [5.74, 6) is -0.178. The molecule has 0 saturated heterocycles. The number of fused-ring (bicyclic) bond motifs is 1. The van der Waals surface area contributed by atoms with Gasteiger partial charge in [0, 0.05) is 25.0 Å². The number of rotatable bonds is 1. The van der Waals surface area contributed by atoms with Gasteiger partial charge in [-0.3, -0.25) is 0 Å². The lowest BCUT2D eigenvalue weighted by Crippen LogP contribution is -2.33. The average molecular weight is 216 g/mol. The standard InChI is InChI=1S/C13H13FN2/c14-11-4-1-3-10(9-11)13-12-5-2-7-16(12)8-6-15-13/h1-5,7,9,13,15H,6,8H2. The summed E-state index contributed by atoms with van der Waals surface area (Å²) in [6.45, 7) is 1.90. The number of hydrogen-bond donors (Lipinski definition) is 1. The molecular formula is C13H13FN2. The van der Waals surface area contributed by atoms with Crippen LogP contribution in [0.1, 0.15) is 17.3 Å². The van der Waals surface area contributed by atoms with Crippen LogP contribution in [-0.2, 0) is 6.54 Å². The van der Waals surface area contributed by atoms with Crippen molar-refractivity contribution >= 4 is 0 Å². The molecule has 2 nitrogen and oxygen atoms in total. The minimum Gasteiger partial charge on any atom is -0.348 e. The summed E-state index contributed by atoms with van der Waals surface area (Å²) < 4.78 is 15.4. The second-order valence-electron chi connectivity index (χ2n) is 4.07. The van der Waals surface area contributed by atoms with Crippen molar-refractivity contribution in [1.29, 1.82) is 0 Å². The van der Waals surface area contributed by atoms with Crippen molar-refractivity contribution < 1.29 is 4.39 Å². The zero-order valence-electron chi connectivity index (χ0n) is 8.86. The summed E-state index contributed by atoms with van der Waals surface area (Å²) in [4.78, 5) is 0. The van der Waals surface area contributed by atoms with Gasteiger partial charge >= 0.3 is 0 Å². The van der Waals surface area contributed by atoms with Gasteiger partial charge in [0.15, 0.2) is 0 Å². The van der Waals surface area contributed by atoms with E-state index in [0.29, 0.717) is 0 Å². The second kappa shape index (κ2) is 3.76. The first-order valence-electron chi connectivity index (χ1n) is 5.48. The number of halogens is 1. The third-order valence-corrected chi connectivity index (χ3v) is 3.04. The van der Waals surface area contributed by atoms with Crippen LogP contribution >= 0.6 is 0 Å². The molecule has 0 saturated carbocycles. The molecule has 0 bridgehead atoms. The molecule has 2 aromatic rings.